The first-order valence-electron chi connectivity index (χ1n) is 6.04. The first-order chi connectivity index (χ1) is 8.66. The van der Waals surface area contributed by atoms with Gasteiger partial charge in [-0.2, -0.15) is 0 Å². The molecule has 18 heavy (non-hydrogen) atoms. The van der Waals surface area contributed by atoms with Gasteiger partial charge >= 0.3 is 0 Å². The Balaban J connectivity index is 2.07. The Morgan fingerprint density at radius 2 is 2.06 bits per heavy atom. The first-order valence-corrected chi connectivity index (χ1v) is 6.04. The van der Waals surface area contributed by atoms with Crippen molar-refractivity contribution in [1.29, 1.82) is 0 Å². The number of carbonyl (C=O) groups excluding carboxylic acids is 1. The van der Waals surface area contributed by atoms with E-state index in [0.717, 1.165) is 11.4 Å². The molecule has 1 heterocycles. The molecule has 0 radical (unpaired) electrons. The van der Waals surface area contributed by atoms with Crippen molar-refractivity contribution in [3.05, 3.63) is 42.6 Å². The van der Waals surface area contributed by atoms with E-state index in [0.29, 0.717) is 6.54 Å². The highest BCUT2D eigenvalue weighted by molar-refractivity contribution is 6.04. The van der Waals surface area contributed by atoms with Crippen LogP contribution in [-0.4, -0.2) is 18.2 Å². The lowest BCUT2D eigenvalue weighted by Crippen LogP contribution is -2.40. The summed E-state index contributed by atoms with van der Waals surface area (Å²) in [5.41, 5.74) is 5.02. The van der Waals surface area contributed by atoms with Crippen molar-refractivity contribution in [3.63, 3.8) is 0 Å². The number of anilines is 1. The predicted octanol–water partition coefficient (Wildman–Crippen LogP) is 2.15. The number of nitrogens with one attached hydrogen (secondary N) is 1. The van der Waals surface area contributed by atoms with Gasteiger partial charge in [0.05, 0.1) is 17.9 Å². The van der Waals surface area contributed by atoms with Crippen LogP contribution in [0, 0.1) is 5.92 Å². The molecule has 0 spiro atoms. The second-order valence-electron chi connectivity index (χ2n) is 4.45. The molecule has 0 atom stereocenters. The molecule has 1 aromatic rings. The highest BCUT2D eigenvalue weighted by Crippen LogP contribution is 2.13. The lowest BCUT2D eigenvalue weighted by Gasteiger charge is -2.25. The topological polar surface area (TPSA) is 44.7 Å². The minimum atomic E-state index is -0.0791. The van der Waals surface area contributed by atoms with Gasteiger partial charge in [0.15, 0.2) is 0 Å². The normalized spacial score (nSPS) is 17.5. The predicted molar refractivity (Wildman–Crippen MR) is 73.3 cm³/mol. The first kappa shape index (κ1) is 12.5. The van der Waals surface area contributed by atoms with Crippen molar-refractivity contribution in [2.24, 2.45) is 10.9 Å². The zero-order chi connectivity index (χ0) is 13.0. The summed E-state index contributed by atoms with van der Waals surface area (Å²) >= 11 is 0. The lowest BCUT2D eigenvalue weighted by atomic mass is 10.2. The summed E-state index contributed by atoms with van der Waals surface area (Å²) in [5, 5.41) is 1.92. The molecule has 1 amide bonds. The van der Waals surface area contributed by atoms with E-state index in [9.17, 15) is 4.79 Å². The summed E-state index contributed by atoms with van der Waals surface area (Å²) < 4.78 is 0. The number of para-hydroxylation sites is 1. The Morgan fingerprint density at radius 1 is 1.33 bits per heavy atom. The van der Waals surface area contributed by atoms with E-state index in [2.05, 4.69) is 10.4 Å². The molecular formula is C14H17N3O. The minimum absolute atomic E-state index is 0.0574. The number of hydrazine groups is 1. The summed E-state index contributed by atoms with van der Waals surface area (Å²) in [6.45, 7) is 4.26. The van der Waals surface area contributed by atoms with Gasteiger partial charge in [0.2, 0.25) is 5.91 Å². The molecule has 1 aliphatic rings. The number of carbonyl (C=O) groups is 1. The average Bonchev–Trinajstić information content (AvgIpc) is 2.40. The highest BCUT2D eigenvalue weighted by Gasteiger charge is 2.11. The zero-order valence-corrected chi connectivity index (χ0v) is 10.6. The van der Waals surface area contributed by atoms with Crippen molar-refractivity contribution < 1.29 is 4.79 Å². The summed E-state index contributed by atoms with van der Waals surface area (Å²) in [6.07, 6.45) is 3.75. The molecule has 0 aliphatic carbocycles. The smallest absolute Gasteiger partial charge is 0.248 e. The number of rotatable bonds is 2. The van der Waals surface area contributed by atoms with E-state index in [4.69, 9.17) is 0 Å². The van der Waals surface area contributed by atoms with Gasteiger partial charge in [-0.25, -0.2) is 10.4 Å². The maximum absolute atomic E-state index is 11.5. The largest absolute Gasteiger partial charge is 0.284 e. The third-order valence-electron chi connectivity index (χ3n) is 2.63. The maximum Gasteiger partial charge on any atom is 0.248 e. The molecule has 1 N–H and O–H groups in total. The number of hydrogen-bond acceptors (Lipinski definition) is 3. The van der Waals surface area contributed by atoms with Crippen LogP contribution in [-0.2, 0) is 4.79 Å². The Hall–Kier alpha value is -1.94. The van der Waals surface area contributed by atoms with Gasteiger partial charge in [-0.05, 0) is 18.2 Å². The summed E-state index contributed by atoms with van der Waals surface area (Å²) in [4.78, 5) is 15.6. The number of benzene rings is 1. The van der Waals surface area contributed by atoms with Crippen LogP contribution >= 0.6 is 0 Å². The average molecular weight is 243 g/mol. The summed E-state index contributed by atoms with van der Waals surface area (Å²) in [6, 6.07) is 9.97. The number of amides is 1. The molecule has 0 unspecified atom stereocenters. The molecule has 94 valence electrons. The van der Waals surface area contributed by atoms with E-state index in [1.165, 1.54) is 0 Å². The standard InChI is InChI=1S/C14H17N3O/c1-11(2)14(18)16-12-8-9-17(15-10-12)13-6-4-3-5-7-13/h3-9,11,15H,10H2,1-2H3. The fourth-order valence-electron chi connectivity index (χ4n) is 1.55. The Labute approximate surface area is 107 Å². The van der Waals surface area contributed by atoms with Crippen LogP contribution in [0.2, 0.25) is 0 Å². The number of aliphatic imine (C=N–C) groups is 1. The van der Waals surface area contributed by atoms with Gasteiger partial charge < -0.3 is 0 Å². The van der Waals surface area contributed by atoms with E-state index >= 15 is 0 Å². The quantitative estimate of drug-likeness (QED) is 0.865. The van der Waals surface area contributed by atoms with Crippen LogP contribution in [0.3, 0.4) is 0 Å². The molecule has 1 aromatic carbocycles. The van der Waals surface area contributed by atoms with Crippen molar-refractivity contribution in [1.82, 2.24) is 5.43 Å². The van der Waals surface area contributed by atoms with E-state index < -0.39 is 0 Å². The maximum atomic E-state index is 11.5. The van der Waals surface area contributed by atoms with Gasteiger partial charge in [-0.1, -0.05) is 32.0 Å². The van der Waals surface area contributed by atoms with Crippen molar-refractivity contribution >= 4 is 17.3 Å². The van der Waals surface area contributed by atoms with Gasteiger partial charge in [-0.3, -0.25) is 9.80 Å². The van der Waals surface area contributed by atoms with Crippen molar-refractivity contribution in [2.45, 2.75) is 13.8 Å². The second-order valence-corrected chi connectivity index (χ2v) is 4.45. The minimum Gasteiger partial charge on any atom is -0.284 e. The third kappa shape index (κ3) is 3.05. The monoisotopic (exact) mass is 243 g/mol. The fraction of sp³-hybridized carbons (Fsp3) is 0.286. The van der Waals surface area contributed by atoms with Crippen molar-refractivity contribution in [2.75, 3.05) is 11.6 Å². The summed E-state index contributed by atoms with van der Waals surface area (Å²) in [7, 11) is 0. The van der Waals surface area contributed by atoms with Crippen LogP contribution in [0.5, 0.6) is 0 Å². The highest BCUT2D eigenvalue weighted by atomic mass is 16.1. The third-order valence-corrected chi connectivity index (χ3v) is 2.63. The molecule has 0 saturated carbocycles. The van der Waals surface area contributed by atoms with E-state index in [-0.39, 0.29) is 11.8 Å². The van der Waals surface area contributed by atoms with Crippen LogP contribution in [0.25, 0.3) is 0 Å². The van der Waals surface area contributed by atoms with Gasteiger partial charge in [0.25, 0.3) is 0 Å². The molecule has 0 bridgehead atoms. The Bertz CT molecular complexity index is 477. The van der Waals surface area contributed by atoms with Crippen LogP contribution < -0.4 is 10.4 Å². The molecular weight excluding hydrogens is 226 g/mol. The van der Waals surface area contributed by atoms with Gasteiger partial charge in [-0.15, -0.1) is 0 Å². The van der Waals surface area contributed by atoms with E-state index in [1.54, 1.807) is 0 Å². The van der Waals surface area contributed by atoms with Crippen LogP contribution in [0.1, 0.15) is 13.8 Å². The van der Waals surface area contributed by atoms with Crippen molar-refractivity contribution in [3.8, 4) is 0 Å². The Kier molecular flexibility index (Phi) is 3.89. The zero-order valence-electron chi connectivity index (χ0n) is 10.6. The van der Waals surface area contributed by atoms with E-state index in [1.807, 2.05) is 61.5 Å². The molecule has 4 heteroatoms. The molecule has 2 rings (SSSR count). The molecule has 0 fully saturated rings. The molecule has 1 aliphatic heterocycles. The number of nitrogens with zero attached hydrogens (tertiary/aromatic N) is 2. The summed E-state index contributed by atoms with van der Waals surface area (Å²) in [5.74, 6) is -0.136. The number of hydrogen-bond donors (Lipinski definition) is 1. The van der Waals surface area contributed by atoms with Crippen LogP contribution in [0.4, 0.5) is 5.69 Å². The second kappa shape index (κ2) is 5.60. The van der Waals surface area contributed by atoms with Crippen LogP contribution in [0.15, 0.2) is 47.6 Å². The molecule has 0 saturated heterocycles. The fourth-order valence-corrected chi connectivity index (χ4v) is 1.55. The Morgan fingerprint density at radius 3 is 2.61 bits per heavy atom. The molecule has 0 aromatic heterocycles. The van der Waals surface area contributed by atoms with Gasteiger partial charge in [0, 0.05) is 12.1 Å². The molecule has 4 nitrogen and oxygen atoms in total. The van der Waals surface area contributed by atoms with Gasteiger partial charge in [0.1, 0.15) is 0 Å². The SMILES string of the molecule is CC(C)C(=O)N=C1C=CN(c2ccccc2)NC1. The lowest BCUT2D eigenvalue weighted by molar-refractivity contribution is -0.120.